The van der Waals surface area contributed by atoms with E-state index in [1.807, 2.05) is 61.5 Å². The molecule has 0 bridgehead atoms. The lowest BCUT2D eigenvalue weighted by atomic mass is 9.82. The first-order chi connectivity index (χ1) is 10.7. The zero-order valence-electron chi connectivity index (χ0n) is 12.3. The van der Waals surface area contributed by atoms with Gasteiger partial charge in [-0.1, -0.05) is 48.0 Å². The summed E-state index contributed by atoms with van der Waals surface area (Å²) in [5.74, 6) is 0.979. The van der Waals surface area contributed by atoms with E-state index < -0.39 is 0 Å². The molecule has 3 heteroatoms. The molecule has 2 heterocycles. The van der Waals surface area contributed by atoms with Gasteiger partial charge in [0.25, 0.3) is 0 Å². The molecule has 2 atom stereocenters. The molecule has 0 aliphatic carbocycles. The standard InChI is InChI=1S/C19H16O3/c1-12-6-8-13(9-7-12)17-10-14-11-21-16-5-3-2-4-15(16)18(14)19(20)22-17/h2-10,14,18H,11H2,1H3/t14-,18-/m0/s1. The summed E-state index contributed by atoms with van der Waals surface area (Å²) in [7, 11) is 0. The molecule has 2 aliphatic rings. The van der Waals surface area contributed by atoms with Crippen LogP contribution in [-0.2, 0) is 9.53 Å². The Balaban J connectivity index is 1.73. The molecule has 2 aromatic carbocycles. The van der Waals surface area contributed by atoms with Crippen molar-refractivity contribution in [1.29, 1.82) is 0 Å². The van der Waals surface area contributed by atoms with E-state index in [0.717, 1.165) is 16.9 Å². The van der Waals surface area contributed by atoms with Crippen LogP contribution in [0.15, 0.2) is 54.6 Å². The van der Waals surface area contributed by atoms with Gasteiger partial charge in [-0.3, -0.25) is 4.79 Å². The highest BCUT2D eigenvalue weighted by Crippen LogP contribution is 2.42. The number of benzene rings is 2. The van der Waals surface area contributed by atoms with Gasteiger partial charge in [0.05, 0.1) is 12.5 Å². The number of fused-ring (bicyclic) bond motifs is 3. The largest absolute Gasteiger partial charge is 0.493 e. The molecular weight excluding hydrogens is 276 g/mol. The first-order valence-corrected chi connectivity index (χ1v) is 7.44. The van der Waals surface area contributed by atoms with Crippen molar-refractivity contribution in [2.45, 2.75) is 12.8 Å². The topological polar surface area (TPSA) is 35.5 Å². The third-order valence-corrected chi connectivity index (χ3v) is 4.28. The molecule has 0 saturated heterocycles. The molecule has 0 N–H and O–H groups in total. The third kappa shape index (κ3) is 2.10. The Morgan fingerprint density at radius 3 is 2.64 bits per heavy atom. The maximum absolute atomic E-state index is 12.5. The van der Waals surface area contributed by atoms with Gasteiger partial charge in [-0.2, -0.15) is 0 Å². The summed E-state index contributed by atoms with van der Waals surface area (Å²) in [6.45, 7) is 2.54. The second kappa shape index (κ2) is 5.02. The van der Waals surface area contributed by atoms with Crippen LogP contribution in [0.4, 0.5) is 0 Å². The van der Waals surface area contributed by atoms with Crippen LogP contribution >= 0.6 is 0 Å². The minimum absolute atomic E-state index is 0.0208. The molecule has 0 saturated carbocycles. The number of cyclic esters (lactones) is 1. The number of ether oxygens (including phenoxy) is 2. The van der Waals surface area contributed by atoms with Gasteiger partial charge in [-0.25, -0.2) is 0 Å². The maximum atomic E-state index is 12.5. The molecule has 0 fully saturated rings. The quantitative estimate of drug-likeness (QED) is 0.752. The smallest absolute Gasteiger partial charge is 0.319 e. The van der Waals surface area contributed by atoms with Gasteiger partial charge in [0.2, 0.25) is 0 Å². The van der Waals surface area contributed by atoms with Crippen LogP contribution in [0.2, 0.25) is 0 Å². The van der Waals surface area contributed by atoms with Gasteiger partial charge in [0.15, 0.2) is 0 Å². The molecule has 2 aromatic rings. The van der Waals surface area contributed by atoms with Gasteiger partial charge < -0.3 is 9.47 Å². The Morgan fingerprint density at radius 1 is 1.05 bits per heavy atom. The monoisotopic (exact) mass is 292 g/mol. The molecule has 2 aliphatic heterocycles. The summed E-state index contributed by atoms with van der Waals surface area (Å²) in [5.41, 5.74) is 3.03. The van der Waals surface area contributed by atoms with E-state index in [1.165, 1.54) is 5.56 Å². The van der Waals surface area contributed by atoms with E-state index in [1.54, 1.807) is 0 Å². The molecule has 0 aromatic heterocycles. The van der Waals surface area contributed by atoms with Crippen LogP contribution in [0.1, 0.15) is 22.6 Å². The highest BCUT2D eigenvalue weighted by atomic mass is 16.5. The molecule has 22 heavy (non-hydrogen) atoms. The lowest BCUT2D eigenvalue weighted by Gasteiger charge is -2.34. The average molecular weight is 292 g/mol. The third-order valence-electron chi connectivity index (χ3n) is 4.28. The number of carbonyl (C=O) groups excluding carboxylic acids is 1. The first kappa shape index (κ1) is 13.1. The second-order valence-corrected chi connectivity index (χ2v) is 5.81. The van der Waals surface area contributed by atoms with E-state index in [-0.39, 0.29) is 17.8 Å². The van der Waals surface area contributed by atoms with Crippen molar-refractivity contribution >= 4 is 11.7 Å². The molecular formula is C19H16O3. The average Bonchev–Trinajstić information content (AvgIpc) is 2.55. The van der Waals surface area contributed by atoms with E-state index in [0.29, 0.717) is 12.4 Å². The normalized spacial score (nSPS) is 22.8. The van der Waals surface area contributed by atoms with E-state index in [9.17, 15) is 4.79 Å². The number of hydrogen-bond donors (Lipinski definition) is 0. The summed E-state index contributed by atoms with van der Waals surface area (Å²) in [6.07, 6.45) is 2.02. The lowest BCUT2D eigenvalue weighted by Crippen LogP contribution is -2.34. The summed E-state index contributed by atoms with van der Waals surface area (Å²) in [4.78, 5) is 12.5. The zero-order valence-corrected chi connectivity index (χ0v) is 12.3. The maximum Gasteiger partial charge on any atom is 0.319 e. The number of rotatable bonds is 1. The van der Waals surface area contributed by atoms with Gasteiger partial charge in [0.1, 0.15) is 11.5 Å². The van der Waals surface area contributed by atoms with Crippen molar-refractivity contribution in [3.8, 4) is 5.75 Å². The van der Waals surface area contributed by atoms with Crippen LogP contribution in [0.25, 0.3) is 5.76 Å². The first-order valence-electron chi connectivity index (χ1n) is 7.44. The van der Waals surface area contributed by atoms with Gasteiger partial charge >= 0.3 is 5.97 Å². The van der Waals surface area contributed by atoms with Crippen molar-refractivity contribution in [3.05, 3.63) is 71.3 Å². The minimum Gasteiger partial charge on any atom is -0.493 e. The second-order valence-electron chi connectivity index (χ2n) is 5.81. The fourth-order valence-electron chi connectivity index (χ4n) is 3.10. The summed E-state index contributed by atoms with van der Waals surface area (Å²) in [6, 6.07) is 15.7. The molecule has 110 valence electrons. The van der Waals surface area contributed by atoms with Crippen LogP contribution < -0.4 is 4.74 Å². The molecule has 0 radical (unpaired) electrons. The Bertz CT molecular complexity index is 759. The Morgan fingerprint density at radius 2 is 1.82 bits per heavy atom. The highest BCUT2D eigenvalue weighted by Gasteiger charge is 2.40. The van der Waals surface area contributed by atoms with Gasteiger partial charge in [-0.05, 0) is 19.1 Å². The predicted octanol–water partition coefficient (Wildman–Crippen LogP) is 3.69. The number of carbonyl (C=O) groups is 1. The van der Waals surface area contributed by atoms with Crippen LogP contribution in [0, 0.1) is 12.8 Å². The fraction of sp³-hybridized carbons (Fsp3) is 0.211. The summed E-state index contributed by atoms with van der Waals surface area (Å²) >= 11 is 0. The molecule has 3 nitrogen and oxygen atoms in total. The van der Waals surface area contributed by atoms with Crippen molar-refractivity contribution in [3.63, 3.8) is 0 Å². The van der Waals surface area contributed by atoms with Gasteiger partial charge in [-0.15, -0.1) is 0 Å². The van der Waals surface area contributed by atoms with Crippen LogP contribution in [0.3, 0.4) is 0 Å². The van der Waals surface area contributed by atoms with Crippen LogP contribution in [-0.4, -0.2) is 12.6 Å². The Kier molecular flexibility index (Phi) is 3.00. The molecule has 4 rings (SSSR count). The fourth-order valence-corrected chi connectivity index (χ4v) is 3.10. The van der Waals surface area contributed by atoms with E-state index in [2.05, 4.69) is 0 Å². The van der Waals surface area contributed by atoms with Crippen LogP contribution in [0.5, 0.6) is 5.75 Å². The molecule has 0 amide bonds. The summed E-state index contributed by atoms with van der Waals surface area (Å²) < 4.78 is 11.4. The SMILES string of the molecule is Cc1ccc(C2=C[C@H]3COc4ccccc4[C@H]3C(=O)O2)cc1. The Hall–Kier alpha value is -2.55. The predicted molar refractivity (Wildman–Crippen MR) is 83.4 cm³/mol. The minimum atomic E-state index is -0.265. The zero-order chi connectivity index (χ0) is 15.1. The van der Waals surface area contributed by atoms with Gasteiger partial charge in [0, 0.05) is 17.0 Å². The lowest BCUT2D eigenvalue weighted by molar-refractivity contribution is -0.141. The summed E-state index contributed by atoms with van der Waals surface area (Å²) in [5, 5.41) is 0. The van der Waals surface area contributed by atoms with Crippen molar-refractivity contribution in [2.24, 2.45) is 5.92 Å². The van der Waals surface area contributed by atoms with E-state index >= 15 is 0 Å². The van der Waals surface area contributed by atoms with Crippen molar-refractivity contribution < 1.29 is 14.3 Å². The van der Waals surface area contributed by atoms with Crippen molar-refractivity contribution in [1.82, 2.24) is 0 Å². The Labute approximate surface area is 129 Å². The number of esters is 1. The number of para-hydroxylation sites is 1. The molecule has 0 spiro atoms. The van der Waals surface area contributed by atoms with Crippen molar-refractivity contribution in [2.75, 3.05) is 6.61 Å². The number of hydrogen-bond acceptors (Lipinski definition) is 3. The number of aryl methyl sites for hydroxylation is 1. The van der Waals surface area contributed by atoms with E-state index in [4.69, 9.17) is 9.47 Å². The highest BCUT2D eigenvalue weighted by molar-refractivity contribution is 5.88. The molecule has 0 unspecified atom stereocenters.